The summed E-state index contributed by atoms with van der Waals surface area (Å²) in [5.74, 6) is -2.82. The van der Waals surface area contributed by atoms with Crippen molar-refractivity contribution in [3.05, 3.63) is 27.8 Å². The molecule has 0 aliphatic heterocycles. The van der Waals surface area contributed by atoms with Gasteiger partial charge >= 0.3 is 29.6 Å². The number of carbonyl (C=O) groups is 1. The van der Waals surface area contributed by atoms with E-state index in [9.17, 15) is 25.1 Å². The Hall–Kier alpha value is -1.31. The molecule has 7 nitrogen and oxygen atoms in total. The monoisotopic (exact) mass is 235 g/mol. The zero-order valence-corrected chi connectivity index (χ0v) is 10.6. The molecule has 16 heavy (non-hydrogen) atoms. The molecular formula is C8H6NNaO6. The second-order valence-corrected chi connectivity index (χ2v) is 2.56. The van der Waals surface area contributed by atoms with E-state index in [-0.39, 0.29) is 35.3 Å². The molecule has 1 rings (SSSR count). The Morgan fingerprint density at radius 3 is 2.44 bits per heavy atom. The molecule has 0 unspecified atom stereocenters. The third-order valence-corrected chi connectivity index (χ3v) is 1.74. The van der Waals surface area contributed by atoms with E-state index in [1.807, 2.05) is 0 Å². The van der Waals surface area contributed by atoms with Gasteiger partial charge in [-0.1, -0.05) is 0 Å². The predicted octanol–water partition coefficient (Wildman–Crippen LogP) is -3.32. The number of hydrogen-bond donors (Lipinski definition) is 1. The first-order chi connectivity index (χ1) is 6.99. The van der Waals surface area contributed by atoms with Crippen LogP contribution >= 0.6 is 0 Å². The fourth-order valence-corrected chi connectivity index (χ4v) is 1.08. The van der Waals surface area contributed by atoms with Crippen LogP contribution in [0, 0.1) is 10.1 Å². The molecule has 0 amide bonds. The van der Waals surface area contributed by atoms with Crippen LogP contribution in [-0.2, 0) is 0 Å². The molecule has 0 heterocycles. The summed E-state index contributed by atoms with van der Waals surface area (Å²) in [5, 5.41) is 30.4. The standard InChI is InChI=1S/C8H7NO6.Na/c1-15-5-3-2-4(9(13)14)6(7(5)10)8(11)12;/h2-3,10H,1H3,(H,11,12);/q;+1/p-1. The molecule has 0 saturated heterocycles. The summed E-state index contributed by atoms with van der Waals surface area (Å²) in [5.41, 5.74) is -1.63. The molecule has 1 aromatic carbocycles. The van der Waals surface area contributed by atoms with E-state index in [2.05, 4.69) is 4.74 Å². The van der Waals surface area contributed by atoms with Crippen LogP contribution in [0.15, 0.2) is 12.1 Å². The summed E-state index contributed by atoms with van der Waals surface area (Å²) >= 11 is 0. The maximum atomic E-state index is 10.6. The Morgan fingerprint density at radius 1 is 1.50 bits per heavy atom. The molecule has 0 aliphatic rings. The summed E-state index contributed by atoms with van der Waals surface area (Å²) in [6.45, 7) is 0. The van der Waals surface area contributed by atoms with Crippen molar-refractivity contribution in [3.8, 4) is 11.5 Å². The number of nitro benzene ring substituents is 1. The normalized spacial score (nSPS) is 9.06. The molecule has 0 saturated carbocycles. The van der Waals surface area contributed by atoms with Gasteiger partial charge in [-0.3, -0.25) is 10.1 Å². The van der Waals surface area contributed by atoms with Crippen LogP contribution in [0.2, 0.25) is 0 Å². The van der Waals surface area contributed by atoms with Gasteiger partial charge < -0.3 is 19.7 Å². The van der Waals surface area contributed by atoms with Crippen molar-refractivity contribution in [2.75, 3.05) is 7.11 Å². The van der Waals surface area contributed by atoms with Gasteiger partial charge in [-0.2, -0.15) is 0 Å². The predicted molar refractivity (Wildman–Crippen MR) is 45.6 cm³/mol. The van der Waals surface area contributed by atoms with E-state index in [0.29, 0.717) is 0 Å². The molecular weight excluding hydrogens is 229 g/mol. The molecule has 1 aromatic rings. The van der Waals surface area contributed by atoms with Crippen LogP contribution < -0.4 is 39.4 Å². The van der Waals surface area contributed by atoms with Crippen molar-refractivity contribution >= 4 is 11.7 Å². The van der Waals surface area contributed by atoms with E-state index in [0.717, 1.165) is 12.1 Å². The van der Waals surface area contributed by atoms with Gasteiger partial charge in [-0.05, 0) is 6.07 Å². The molecule has 0 radical (unpaired) electrons. The molecule has 0 aliphatic carbocycles. The topological polar surface area (TPSA) is 113 Å². The van der Waals surface area contributed by atoms with Crippen molar-refractivity contribution in [2.24, 2.45) is 0 Å². The van der Waals surface area contributed by atoms with Gasteiger partial charge in [0, 0.05) is 6.07 Å². The quantitative estimate of drug-likeness (QED) is 0.333. The number of nitrogens with zero attached hydrogens (tertiary/aromatic N) is 1. The molecule has 0 spiro atoms. The number of aromatic hydroxyl groups is 1. The van der Waals surface area contributed by atoms with Crippen molar-refractivity contribution in [2.45, 2.75) is 0 Å². The number of hydrogen-bond acceptors (Lipinski definition) is 6. The minimum Gasteiger partial charge on any atom is -0.544 e. The molecule has 0 fully saturated rings. The van der Waals surface area contributed by atoms with Gasteiger partial charge in [-0.15, -0.1) is 0 Å². The van der Waals surface area contributed by atoms with E-state index in [4.69, 9.17) is 0 Å². The Morgan fingerprint density at radius 2 is 2.06 bits per heavy atom. The first-order valence-corrected chi connectivity index (χ1v) is 3.74. The van der Waals surface area contributed by atoms with Gasteiger partial charge in [0.1, 0.15) is 5.56 Å². The molecule has 1 N–H and O–H groups in total. The number of methoxy groups -OCH3 is 1. The van der Waals surface area contributed by atoms with E-state index < -0.39 is 27.9 Å². The Kier molecular flexibility index (Phi) is 5.22. The van der Waals surface area contributed by atoms with Crippen LogP contribution in [0.4, 0.5) is 5.69 Å². The fourth-order valence-electron chi connectivity index (χ4n) is 1.08. The maximum Gasteiger partial charge on any atom is 1.00 e. The number of carbonyl (C=O) groups excluding carboxylic acids is 1. The summed E-state index contributed by atoms with van der Waals surface area (Å²) in [4.78, 5) is 20.1. The minimum atomic E-state index is -1.84. The van der Waals surface area contributed by atoms with Gasteiger partial charge in [-0.25, -0.2) is 0 Å². The molecule has 80 valence electrons. The number of carboxylic acids is 1. The van der Waals surface area contributed by atoms with Gasteiger partial charge in [0.05, 0.1) is 18.0 Å². The van der Waals surface area contributed by atoms with Crippen LogP contribution in [0.3, 0.4) is 0 Å². The van der Waals surface area contributed by atoms with Gasteiger partial charge in [0.2, 0.25) is 0 Å². The summed E-state index contributed by atoms with van der Waals surface area (Å²) in [6, 6.07) is 2.02. The van der Waals surface area contributed by atoms with Crippen molar-refractivity contribution in [3.63, 3.8) is 0 Å². The second-order valence-electron chi connectivity index (χ2n) is 2.56. The molecule has 0 bridgehead atoms. The van der Waals surface area contributed by atoms with Crippen molar-refractivity contribution < 1.29 is 54.2 Å². The average molecular weight is 235 g/mol. The van der Waals surface area contributed by atoms with Gasteiger partial charge in [0.15, 0.2) is 11.5 Å². The third-order valence-electron chi connectivity index (χ3n) is 1.74. The smallest absolute Gasteiger partial charge is 0.544 e. The summed E-state index contributed by atoms with van der Waals surface area (Å²) in [7, 11) is 1.19. The number of rotatable bonds is 3. The summed E-state index contributed by atoms with van der Waals surface area (Å²) < 4.78 is 4.61. The number of aromatic carboxylic acids is 1. The first-order valence-electron chi connectivity index (χ1n) is 3.74. The van der Waals surface area contributed by atoms with E-state index in [1.165, 1.54) is 7.11 Å². The van der Waals surface area contributed by atoms with Crippen LogP contribution in [0.5, 0.6) is 11.5 Å². The summed E-state index contributed by atoms with van der Waals surface area (Å²) in [6.07, 6.45) is 0. The zero-order valence-electron chi connectivity index (χ0n) is 8.59. The van der Waals surface area contributed by atoms with Crippen molar-refractivity contribution in [1.29, 1.82) is 0 Å². The van der Waals surface area contributed by atoms with Crippen LogP contribution in [0.25, 0.3) is 0 Å². The number of nitro groups is 1. The van der Waals surface area contributed by atoms with E-state index in [1.54, 1.807) is 0 Å². The van der Waals surface area contributed by atoms with Crippen molar-refractivity contribution in [1.82, 2.24) is 0 Å². The third kappa shape index (κ3) is 2.63. The SMILES string of the molecule is COc1ccc([N+](=O)[O-])c(C(=O)[O-])c1O.[Na+]. The Balaban J connectivity index is 0.00000225. The number of phenols is 1. The first kappa shape index (κ1) is 14.7. The van der Waals surface area contributed by atoms with Crippen LogP contribution in [0.1, 0.15) is 10.4 Å². The largest absolute Gasteiger partial charge is 1.00 e. The average Bonchev–Trinajstić information content (AvgIpc) is 2.16. The number of benzene rings is 1. The number of carboxylic acid groups (broad SMARTS) is 1. The second kappa shape index (κ2) is 5.69. The fraction of sp³-hybridized carbons (Fsp3) is 0.125. The molecule has 0 aromatic heterocycles. The minimum absolute atomic E-state index is 0. The molecule has 0 atom stereocenters. The number of ether oxygens (including phenoxy) is 1. The zero-order chi connectivity index (χ0) is 11.6. The Bertz CT molecular complexity index is 433. The Labute approximate surface area is 112 Å². The maximum absolute atomic E-state index is 10.6. The van der Waals surface area contributed by atoms with Crippen LogP contribution in [-0.4, -0.2) is 23.1 Å². The van der Waals surface area contributed by atoms with Gasteiger partial charge in [0.25, 0.3) is 5.69 Å². The van der Waals surface area contributed by atoms with E-state index >= 15 is 0 Å². The molecule has 8 heteroatoms.